The summed E-state index contributed by atoms with van der Waals surface area (Å²) in [5.74, 6) is 0.309. The van der Waals surface area contributed by atoms with Crippen molar-refractivity contribution in [2.75, 3.05) is 5.32 Å². The summed E-state index contributed by atoms with van der Waals surface area (Å²) in [6, 6.07) is 19.8. The van der Waals surface area contributed by atoms with Crippen molar-refractivity contribution in [3.8, 4) is 0 Å². The van der Waals surface area contributed by atoms with Crippen LogP contribution in [0.2, 0.25) is 0 Å². The maximum Gasteiger partial charge on any atom is 0.273 e. The second-order valence-electron chi connectivity index (χ2n) is 6.95. The number of aryl methyl sites for hydroxylation is 1. The van der Waals surface area contributed by atoms with Gasteiger partial charge in [0.05, 0.1) is 0 Å². The molecule has 0 atom stereocenters. The summed E-state index contributed by atoms with van der Waals surface area (Å²) < 4.78 is 0. The average Bonchev–Trinajstić information content (AvgIpc) is 2.73. The van der Waals surface area contributed by atoms with Crippen molar-refractivity contribution in [3.05, 3.63) is 83.7 Å². The van der Waals surface area contributed by atoms with Crippen LogP contribution in [0.25, 0.3) is 0 Å². The van der Waals surface area contributed by atoms with Crippen molar-refractivity contribution in [3.63, 3.8) is 0 Å². The van der Waals surface area contributed by atoms with Crippen LogP contribution < -0.4 is 5.32 Å². The fourth-order valence-electron chi connectivity index (χ4n) is 2.91. The molecule has 144 valence electrons. The second-order valence-corrected chi connectivity index (χ2v) is 6.95. The summed E-state index contributed by atoms with van der Waals surface area (Å²) in [5, 5.41) is 3.18. The molecule has 1 N–H and O–H groups in total. The average molecular weight is 374 g/mol. The van der Waals surface area contributed by atoms with Crippen molar-refractivity contribution in [2.24, 2.45) is 0 Å². The molecular weight excluding hydrogens is 348 g/mol. The third-order valence-corrected chi connectivity index (χ3v) is 4.57. The topological polar surface area (TPSA) is 58.1 Å². The highest BCUT2D eigenvalue weighted by molar-refractivity contribution is 5.92. The van der Waals surface area contributed by atoms with Crippen LogP contribution in [0, 0.1) is 0 Å². The molecule has 1 amide bonds. The van der Waals surface area contributed by atoms with Crippen molar-refractivity contribution in [1.82, 2.24) is 14.9 Å². The number of benzene rings is 2. The van der Waals surface area contributed by atoms with E-state index in [1.807, 2.05) is 61.2 Å². The van der Waals surface area contributed by atoms with E-state index in [2.05, 4.69) is 34.3 Å². The van der Waals surface area contributed by atoms with Crippen molar-refractivity contribution >= 4 is 17.5 Å². The molecule has 0 spiro atoms. The summed E-state index contributed by atoms with van der Waals surface area (Å²) in [7, 11) is 0. The molecule has 0 aliphatic carbocycles. The first-order valence-corrected chi connectivity index (χ1v) is 9.60. The molecule has 0 aliphatic heterocycles. The summed E-state index contributed by atoms with van der Waals surface area (Å²) >= 11 is 0. The monoisotopic (exact) mass is 374 g/mol. The predicted octanol–water partition coefficient (Wildman–Crippen LogP) is 4.83. The SMILES string of the molecule is CCc1ccc(Nc2nccc(C(=O)N(Cc3ccccc3)C(C)C)n2)cc1. The molecule has 1 aromatic heterocycles. The second kappa shape index (κ2) is 9.13. The number of anilines is 2. The number of hydrogen-bond acceptors (Lipinski definition) is 4. The van der Waals surface area contributed by atoms with Gasteiger partial charge in [-0.3, -0.25) is 4.79 Å². The van der Waals surface area contributed by atoms with Gasteiger partial charge in [-0.05, 0) is 49.6 Å². The summed E-state index contributed by atoms with van der Waals surface area (Å²) in [4.78, 5) is 23.6. The smallest absolute Gasteiger partial charge is 0.273 e. The van der Waals surface area contributed by atoms with E-state index in [1.165, 1.54) is 5.56 Å². The summed E-state index contributed by atoms with van der Waals surface area (Å²) in [5.41, 5.74) is 3.64. The molecule has 0 aliphatic rings. The van der Waals surface area contributed by atoms with E-state index < -0.39 is 0 Å². The molecule has 0 saturated carbocycles. The van der Waals surface area contributed by atoms with Gasteiger partial charge in [0.2, 0.25) is 5.95 Å². The molecule has 5 heteroatoms. The number of amides is 1. The first kappa shape index (κ1) is 19.5. The van der Waals surface area contributed by atoms with Gasteiger partial charge in [-0.15, -0.1) is 0 Å². The van der Waals surface area contributed by atoms with E-state index in [4.69, 9.17) is 0 Å². The highest BCUT2D eigenvalue weighted by Crippen LogP contribution is 2.16. The van der Waals surface area contributed by atoms with Crippen molar-refractivity contribution < 1.29 is 4.79 Å². The molecule has 5 nitrogen and oxygen atoms in total. The molecule has 1 heterocycles. The lowest BCUT2D eigenvalue weighted by Gasteiger charge is -2.26. The molecule has 0 radical (unpaired) electrons. The van der Waals surface area contributed by atoms with Crippen LogP contribution in [0.1, 0.15) is 42.4 Å². The third kappa shape index (κ3) is 4.94. The van der Waals surface area contributed by atoms with Gasteiger partial charge >= 0.3 is 0 Å². The van der Waals surface area contributed by atoms with Crippen LogP contribution in [0.5, 0.6) is 0 Å². The number of carbonyl (C=O) groups is 1. The number of hydrogen-bond donors (Lipinski definition) is 1. The van der Waals surface area contributed by atoms with Gasteiger partial charge in [-0.2, -0.15) is 0 Å². The Morgan fingerprint density at radius 2 is 1.71 bits per heavy atom. The van der Waals surface area contributed by atoms with Gasteiger partial charge in [-0.1, -0.05) is 49.4 Å². The lowest BCUT2D eigenvalue weighted by Crippen LogP contribution is -2.37. The number of nitrogens with one attached hydrogen (secondary N) is 1. The fourth-order valence-corrected chi connectivity index (χ4v) is 2.91. The lowest BCUT2D eigenvalue weighted by molar-refractivity contribution is 0.0684. The first-order valence-electron chi connectivity index (χ1n) is 9.60. The van der Waals surface area contributed by atoms with Crippen molar-refractivity contribution in [2.45, 2.75) is 39.8 Å². The van der Waals surface area contributed by atoms with E-state index in [0.29, 0.717) is 18.2 Å². The third-order valence-electron chi connectivity index (χ3n) is 4.57. The Morgan fingerprint density at radius 1 is 1.00 bits per heavy atom. The maximum atomic E-state index is 13.1. The Balaban J connectivity index is 1.77. The van der Waals surface area contributed by atoms with Crippen LogP contribution in [-0.4, -0.2) is 26.8 Å². The van der Waals surface area contributed by atoms with Crippen LogP contribution in [-0.2, 0) is 13.0 Å². The number of aromatic nitrogens is 2. The largest absolute Gasteiger partial charge is 0.331 e. The first-order chi connectivity index (χ1) is 13.6. The molecule has 28 heavy (non-hydrogen) atoms. The van der Waals surface area contributed by atoms with Gasteiger partial charge in [0, 0.05) is 24.5 Å². The Labute approximate surface area is 166 Å². The summed E-state index contributed by atoms with van der Waals surface area (Å²) in [6.45, 7) is 6.69. The summed E-state index contributed by atoms with van der Waals surface area (Å²) in [6.07, 6.45) is 2.61. The molecular formula is C23H26N4O. The normalized spacial score (nSPS) is 10.7. The molecule has 3 rings (SSSR count). The van der Waals surface area contributed by atoms with E-state index in [0.717, 1.165) is 17.7 Å². The molecule has 2 aromatic carbocycles. The molecule has 0 unspecified atom stereocenters. The predicted molar refractivity (Wildman–Crippen MR) is 113 cm³/mol. The van der Waals surface area contributed by atoms with Crippen molar-refractivity contribution in [1.29, 1.82) is 0 Å². The van der Waals surface area contributed by atoms with E-state index in [1.54, 1.807) is 12.3 Å². The van der Waals surface area contributed by atoms with Gasteiger partial charge in [0.25, 0.3) is 5.91 Å². The molecule has 3 aromatic rings. The van der Waals surface area contributed by atoms with Crippen LogP contribution in [0.3, 0.4) is 0 Å². The fraction of sp³-hybridized carbons (Fsp3) is 0.261. The zero-order chi connectivity index (χ0) is 19.9. The number of nitrogens with zero attached hydrogens (tertiary/aromatic N) is 3. The Kier molecular flexibility index (Phi) is 6.37. The van der Waals surface area contributed by atoms with E-state index in [-0.39, 0.29) is 11.9 Å². The van der Waals surface area contributed by atoms with Gasteiger partial charge in [-0.25, -0.2) is 9.97 Å². The minimum absolute atomic E-state index is 0.0562. The van der Waals surface area contributed by atoms with Gasteiger partial charge in [0.15, 0.2) is 0 Å². The minimum atomic E-state index is -0.106. The zero-order valence-electron chi connectivity index (χ0n) is 16.6. The van der Waals surface area contributed by atoms with Gasteiger partial charge in [0.1, 0.15) is 5.69 Å². The van der Waals surface area contributed by atoms with Crippen LogP contribution in [0.4, 0.5) is 11.6 Å². The molecule has 0 fully saturated rings. The Morgan fingerprint density at radius 3 is 2.36 bits per heavy atom. The van der Waals surface area contributed by atoms with E-state index in [9.17, 15) is 4.79 Å². The van der Waals surface area contributed by atoms with E-state index >= 15 is 0 Å². The zero-order valence-corrected chi connectivity index (χ0v) is 16.6. The number of carbonyl (C=O) groups excluding carboxylic acids is 1. The maximum absolute atomic E-state index is 13.1. The lowest BCUT2D eigenvalue weighted by atomic mass is 10.1. The molecule has 0 bridgehead atoms. The minimum Gasteiger partial charge on any atom is -0.331 e. The highest BCUT2D eigenvalue weighted by Gasteiger charge is 2.20. The van der Waals surface area contributed by atoms with Crippen LogP contribution in [0.15, 0.2) is 66.9 Å². The highest BCUT2D eigenvalue weighted by atomic mass is 16.2. The quantitative estimate of drug-likeness (QED) is 0.643. The standard InChI is InChI=1S/C23H26N4O/c1-4-18-10-12-20(13-11-18)25-23-24-15-14-21(26-23)22(28)27(17(2)3)16-19-8-6-5-7-9-19/h5-15,17H,4,16H2,1-3H3,(H,24,25,26). The Hall–Kier alpha value is -3.21. The molecule has 0 saturated heterocycles. The van der Waals surface area contributed by atoms with Gasteiger partial charge < -0.3 is 10.2 Å². The number of rotatable bonds is 7. The van der Waals surface area contributed by atoms with Crippen LogP contribution >= 0.6 is 0 Å². The Bertz CT molecular complexity index is 907.